The molecule has 25 heavy (non-hydrogen) atoms. The highest BCUT2D eigenvalue weighted by Gasteiger charge is 2.14. The molecule has 1 atom stereocenters. The zero-order valence-corrected chi connectivity index (χ0v) is 16.7. The smallest absolute Gasteiger partial charge is 0.191 e. The van der Waals surface area contributed by atoms with E-state index < -0.39 is 0 Å². The number of ether oxygens (including phenoxy) is 2. The Labute approximate surface area is 152 Å². The van der Waals surface area contributed by atoms with E-state index in [1.807, 2.05) is 18.2 Å². The van der Waals surface area contributed by atoms with Gasteiger partial charge in [-0.05, 0) is 38.6 Å². The van der Waals surface area contributed by atoms with Crippen molar-refractivity contribution in [3.05, 3.63) is 23.8 Å². The van der Waals surface area contributed by atoms with E-state index in [0.717, 1.165) is 36.0 Å². The molecular formula is C19H34N4O2. The Morgan fingerprint density at radius 3 is 2.40 bits per heavy atom. The van der Waals surface area contributed by atoms with Gasteiger partial charge in [0.05, 0.1) is 14.2 Å². The van der Waals surface area contributed by atoms with Crippen molar-refractivity contribution in [1.82, 2.24) is 15.5 Å². The molecule has 1 unspecified atom stereocenters. The molecule has 2 N–H and O–H groups in total. The molecule has 0 heterocycles. The van der Waals surface area contributed by atoms with Crippen LogP contribution in [0.15, 0.2) is 23.2 Å². The lowest BCUT2D eigenvalue weighted by molar-refractivity contribution is 0.254. The summed E-state index contributed by atoms with van der Waals surface area (Å²) in [5.74, 6) is 3.03. The van der Waals surface area contributed by atoms with E-state index in [2.05, 4.69) is 48.5 Å². The largest absolute Gasteiger partial charge is 0.497 e. The second-order valence-electron chi connectivity index (χ2n) is 6.73. The second-order valence-corrected chi connectivity index (χ2v) is 6.73. The summed E-state index contributed by atoms with van der Waals surface area (Å²) >= 11 is 0. The van der Waals surface area contributed by atoms with Gasteiger partial charge in [-0.15, -0.1) is 0 Å². The lowest BCUT2D eigenvalue weighted by Crippen LogP contribution is -2.45. The lowest BCUT2D eigenvalue weighted by Gasteiger charge is -2.27. The Hall–Kier alpha value is -1.95. The van der Waals surface area contributed by atoms with E-state index in [1.165, 1.54) is 0 Å². The fourth-order valence-electron chi connectivity index (χ4n) is 2.63. The average molecular weight is 351 g/mol. The summed E-state index contributed by atoms with van der Waals surface area (Å²) in [6.07, 6.45) is 1.14. The zero-order valence-electron chi connectivity index (χ0n) is 16.7. The maximum Gasteiger partial charge on any atom is 0.191 e. The molecule has 0 bridgehead atoms. The van der Waals surface area contributed by atoms with Crippen LogP contribution in [-0.4, -0.2) is 58.8 Å². The average Bonchev–Trinajstić information content (AvgIpc) is 2.60. The van der Waals surface area contributed by atoms with Crippen molar-refractivity contribution < 1.29 is 9.47 Å². The molecule has 0 aliphatic carbocycles. The van der Waals surface area contributed by atoms with Crippen molar-refractivity contribution in [2.24, 2.45) is 10.9 Å². The number of methoxy groups -OCH3 is 2. The second kappa shape index (κ2) is 10.8. The van der Waals surface area contributed by atoms with Crippen molar-refractivity contribution >= 4 is 5.96 Å². The molecule has 0 spiro atoms. The van der Waals surface area contributed by atoms with E-state index in [4.69, 9.17) is 9.47 Å². The van der Waals surface area contributed by atoms with E-state index in [9.17, 15) is 0 Å². The Kier molecular flexibility index (Phi) is 9.13. The Balaban J connectivity index is 2.62. The van der Waals surface area contributed by atoms with Gasteiger partial charge in [-0.3, -0.25) is 4.99 Å². The van der Waals surface area contributed by atoms with Crippen LogP contribution in [0.2, 0.25) is 0 Å². The molecule has 1 rings (SSSR count). The van der Waals surface area contributed by atoms with Gasteiger partial charge in [0.1, 0.15) is 11.5 Å². The van der Waals surface area contributed by atoms with Gasteiger partial charge in [0.25, 0.3) is 0 Å². The third kappa shape index (κ3) is 7.22. The van der Waals surface area contributed by atoms with Crippen LogP contribution in [0.4, 0.5) is 0 Å². The number of nitrogens with one attached hydrogen (secondary N) is 2. The molecule has 0 saturated heterocycles. The first-order chi connectivity index (χ1) is 11.9. The van der Waals surface area contributed by atoms with Crippen LogP contribution in [0.1, 0.15) is 25.8 Å². The van der Waals surface area contributed by atoms with Crippen molar-refractivity contribution in [3.8, 4) is 11.5 Å². The molecule has 0 saturated carbocycles. The zero-order chi connectivity index (χ0) is 18.8. The number of hydrogen-bond donors (Lipinski definition) is 2. The molecule has 1 aromatic carbocycles. The van der Waals surface area contributed by atoms with Crippen LogP contribution in [0, 0.1) is 5.92 Å². The maximum atomic E-state index is 5.44. The summed E-state index contributed by atoms with van der Waals surface area (Å²) in [4.78, 5) is 6.57. The lowest BCUT2D eigenvalue weighted by atomic mass is 10.0. The third-order valence-corrected chi connectivity index (χ3v) is 4.14. The fraction of sp³-hybridized carbons (Fsp3) is 0.632. The molecule has 142 valence electrons. The van der Waals surface area contributed by atoms with Crippen LogP contribution < -0.4 is 20.1 Å². The first kappa shape index (κ1) is 21.1. The minimum Gasteiger partial charge on any atom is -0.497 e. The van der Waals surface area contributed by atoms with Crippen LogP contribution in [-0.2, 0) is 6.54 Å². The van der Waals surface area contributed by atoms with Gasteiger partial charge in [0.2, 0.25) is 0 Å². The summed E-state index contributed by atoms with van der Waals surface area (Å²) in [6.45, 7) is 5.98. The van der Waals surface area contributed by atoms with Gasteiger partial charge >= 0.3 is 0 Å². The predicted molar refractivity (Wildman–Crippen MR) is 105 cm³/mol. The molecule has 1 aromatic rings. The SMILES string of the molecule is CN=C(NCc1ccc(OC)cc1OC)NCC(CC(C)C)N(C)C. The van der Waals surface area contributed by atoms with Crippen molar-refractivity contribution in [2.45, 2.75) is 32.9 Å². The standard InChI is InChI=1S/C19H34N4O2/c1-14(2)10-16(23(4)5)13-22-19(20-3)21-12-15-8-9-17(24-6)11-18(15)25-7/h8-9,11,14,16H,10,12-13H2,1-7H3,(H2,20,21,22). The van der Waals surface area contributed by atoms with E-state index in [1.54, 1.807) is 21.3 Å². The predicted octanol–water partition coefficient (Wildman–Crippen LogP) is 2.35. The topological polar surface area (TPSA) is 58.1 Å². The van der Waals surface area contributed by atoms with Gasteiger partial charge in [0, 0.05) is 37.8 Å². The van der Waals surface area contributed by atoms with E-state index >= 15 is 0 Å². The molecule has 6 heteroatoms. The summed E-state index contributed by atoms with van der Waals surface area (Å²) in [7, 11) is 9.34. The van der Waals surface area contributed by atoms with Gasteiger partial charge < -0.3 is 25.0 Å². The number of guanidine groups is 1. The molecular weight excluding hydrogens is 316 g/mol. The van der Waals surface area contributed by atoms with Gasteiger partial charge in [-0.1, -0.05) is 13.8 Å². The van der Waals surface area contributed by atoms with Crippen molar-refractivity contribution in [3.63, 3.8) is 0 Å². The molecule has 0 aliphatic heterocycles. The molecule has 6 nitrogen and oxygen atoms in total. The van der Waals surface area contributed by atoms with Crippen molar-refractivity contribution in [1.29, 1.82) is 0 Å². The fourth-order valence-corrected chi connectivity index (χ4v) is 2.63. The first-order valence-electron chi connectivity index (χ1n) is 8.73. The highest BCUT2D eigenvalue weighted by Crippen LogP contribution is 2.24. The summed E-state index contributed by atoms with van der Waals surface area (Å²) in [5, 5.41) is 6.76. The molecule has 0 fully saturated rings. The van der Waals surface area contributed by atoms with Gasteiger partial charge in [-0.25, -0.2) is 0 Å². The van der Waals surface area contributed by atoms with Gasteiger partial charge in [-0.2, -0.15) is 0 Å². The van der Waals surface area contributed by atoms with Crippen LogP contribution >= 0.6 is 0 Å². The molecule has 0 amide bonds. The molecule has 0 aromatic heterocycles. The van der Waals surface area contributed by atoms with E-state index in [0.29, 0.717) is 18.5 Å². The van der Waals surface area contributed by atoms with Crippen LogP contribution in [0.3, 0.4) is 0 Å². The highest BCUT2D eigenvalue weighted by molar-refractivity contribution is 5.79. The Bertz CT molecular complexity index is 544. The number of aliphatic imine (C=N–C) groups is 1. The summed E-state index contributed by atoms with van der Waals surface area (Å²) in [6, 6.07) is 6.28. The van der Waals surface area contributed by atoms with Crippen LogP contribution in [0.25, 0.3) is 0 Å². The van der Waals surface area contributed by atoms with Crippen LogP contribution in [0.5, 0.6) is 11.5 Å². The quantitative estimate of drug-likeness (QED) is 0.529. The number of nitrogens with zero attached hydrogens (tertiary/aromatic N) is 2. The highest BCUT2D eigenvalue weighted by atomic mass is 16.5. The summed E-state index contributed by atoms with van der Waals surface area (Å²) < 4.78 is 10.7. The maximum absolute atomic E-state index is 5.44. The number of likely N-dealkylation sites (N-methyl/N-ethyl adjacent to an activating group) is 1. The molecule has 0 aliphatic rings. The minimum atomic E-state index is 0.467. The normalized spacial score (nSPS) is 13.1. The number of benzene rings is 1. The number of rotatable bonds is 9. The molecule has 0 radical (unpaired) electrons. The monoisotopic (exact) mass is 350 g/mol. The van der Waals surface area contributed by atoms with Gasteiger partial charge in [0.15, 0.2) is 5.96 Å². The number of hydrogen-bond acceptors (Lipinski definition) is 4. The Morgan fingerprint density at radius 1 is 1.16 bits per heavy atom. The minimum absolute atomic E-state index is 0.467. The third-order valence-electron chi connectivity index (χ3n) is 4.14. The first-order valence-corrected chi connectivity index (χ1v) is 8.73. The van der Waals surface area contributed by atoms with Crippen molar-refractivity contribution in [2.75, 3.05) is 41.9 Å². The Morgan fingerprint density at radius 2 is 1.88 bits per heavy atom. The summed E-state index contributed by atoms with van der Waals surface area (Å²) in [5.41, 5.74) is 1.05. The van der Waals surface area contributed by atoms with E-state index in [-0.39, 0.29) is 0 Å².